The highest BCUT2D eigenvalue weighted by Crippen LogP contribution is 2.30. The van der Waals surface area contributed by atoms with Crippen LogP contribution in [0.1, 0.15) is 12.8 Å². The second kappa shape index (κ2) is 9.26. The van der Waals surface area contributed by atoms with E-state index in [2.05, 4.69) is 4.90 Å². The normalized spacial score (nSPS) is 16.4. The number of amides is 2. The van der Waals surface area contributed by atoms with E-state index >= 15 is 0 Å². The number of piperidine rings is 1. The molecule has 2 aliphatic heterocycles. The molecule has 31 heavy (non-hydrogen) atoms. The molecule has 2 aromatic rings. The van der Waals surface area contributed by atoms with Crippen LogP contribution >= 0.6 is 12.4 Å². The number of anilines is 2. The Bertz CT molecular complexity index is 925. The molecule has 9 heteroatoms. The Morgan fingerprint density at radius 3 is 2.13 bits per heavy atom. The number of phenolic OH excluding ortho intramolecular Hbond substituents is 3. The van der Waals surface area contributed by atoms with E-state index < -0.39 is 0 Å². The van der Waals surface area contributed by atoms with Crippen LogP contribution in [0.3, 0.4) is 0 Å². The van der Waals surface area contributed by atoms with E-state index in [0.717, 1.165) is 31.6 Å². The maximum atomic E-state index is 13.0. The van der Waals surface area contributed by atoms with E-state index in [1.165, 1.54) is 6.07 Å². The van der Waals surface area contributed by atoms with E-state index in [0.29, 0.717) is 12.4 Å². The summed E-state index contributed by atoms with van der Waals surface area (Å²) in [7, 11) is 1.83. The molecule has 0 aliphatic carbocycles. The molecular formula is C22H27ClN4O4. The number of aromatic hydroxyl groups is 3. The number of urea groups is 1. The second-order valence-corrected chi connectivity index (χ2v) is 7.71. The lowest BCUT2D eigenvalue weighted by atomic mass is 10.0. The number of carbonyl (C=O) groups excluding carboxylic acids is 1. The van der Waals surface area contributed by atoms with Gasteiger partial charge in [-0.2, -0.15) is 0 Å². The molecule has 4 rings (SSSR count). The lowest BCUT2D eigenvalue weighted by Crippen LogP contribution is -2.49. The Morgan fingerprint density at radius 2 is 1.52 bits per heavy atom. The maximum Gasteiger partial charge on any atom is 0.325 e. The summed E-state index contributed by atoms with van der Waals surface area (Å²) < 4.78 is 0. The van der Waals surface area contributed by atoms with Crippen LogP contribution in [-0.2, 0) is 0 Å². The fraction of sp³-hybridized carbons (Fsp3) is 0.318. The number of hydrogen-bond acceptors (Lipinski definition) is 6. The zero-order chi connectivity index (χ0) is 21.3. The maximum absolute atomic E-state index is 13.0. The molecule has 0 aromatic heterocycles. The summed E-state index contributed by atoms with van der Waals surface area (Å²) in [5.74, 6) is 0.203. The molecule has 0 unspecified atom stereocenters. The summed E-state index contributed by atoms with van der Waals surface area (Å²) in [4.78, 5) is 20.4. The quantitative estimate of drug-likeness (QED) is 0.668. The van der Waals surface area contributed by atoms with Gasteiger partial charge in [0.2, 0.25) is 0 Å². The van der Waals surface area contributed by atoms with Crippen molar-refractivity contribution in [2.24, 2.45) is 0 Å². The molecule has 1 saturated heterocycles. The fourth-order valence-corrected chi connectivity index (χ4v) is 3.99. The van der Waals surface area contributed by atoms with Gasteiger partial charge in [-0.15, -0.1) is 12.4 Å². The molecule has 2 amide bonds. The molecule has 2 heterocycles. The smallest absolute Gasteiger partial charge is 0.325 e. The van der Waals surface area contributed by atoms with Gasteiger partial charge in [-0.1, -0.05) is 0 Å². The number of carbonyl (C=O) groups is 1. The van der Waals surface area contributed by atoms with Crippen LogP contribution in [0.4, 0.5) is 16.2 Å². The van der Waals surface area contributed by atoms with Crippen LogP contribution in [0.15, 0.2) is 54.9 Å². The van der Waals surface area contributed by atoms with Gasteiger partial charge in [0.05, 0.1) is 0 Å². The van der Waals surface area contributed by atoms with Crippen molar-refractivity contribution in [2.75, 3.05) is 36.6 Å². The standard InChI is InChI=1S/C22H26N4O4.ClH/c1-23(16-6-8-24(9-7-16)17-2-4-19(27)5-3-17)22(30)26-11-10-25(15-26)18-12-20(28)14-21(29)13-18;/h2-5,10-14,16,27-29H,6-9,15H2,1H3;1H. The first-order chi connectivity index (χ1) is 14.4. The Hall–Kier alpha value is -3.26. The van der Waals surface area contributed by atoms with Gasteiger partial charge in [-0.25, -0.2) is 4.79 Å². The van der Waals surface area contributed by atoms with E-state index in [1.54, 1.807) is 51.4 Å². The zero-order valence-corrected chi connectivity index (χ0v) is 18.1. The predicted molar refractivity (Wildman–Crippen MR) is 122 cm³/mol. The third-order valence-electron chi connectivity index (χ3n) is 5.72. The molecular weight excluding hydrogens is 420 g/mol. The van der Waals surface area contributed by atoms with Crippen molar-refractivity contribution in [3.05, 3.63) is 54.9 Å². The highest BCUT2D eigenvalue weighted by Gasteiger charge is 2.30. The highest BCUT2D eigenvalue weighted by atomic mass is 35.5. The monoisotopic (exact) mass is 446 g/mol. The number of phenols is 3. The third-order valence-corrected chi connectivity index (χ3v) is 5.72. The van der Waals surface area contributed by atoms with Crippen molar-refractivity contribution in [3.8, 4) is 17.2 Å². The molecule has 3 N–H and O–H groups in total. The summed E-state index contributed by atoms with van der Waals surface area (Å²) in [6.07, 6.45) is 5.20. The molecule has 0 radical (unpaired) electrons. The van der Waals surface area contributed by atoms with Gasteiger partial charge < -0.3 is 30.0 Å². The van der Waals surface area contributed by atoms with Crippen molar-refractivity contribution >= 4 is 29.8 Å². The molecule has 8 nitrogen and oxygen atoms in total. The summed E-state index contributed by atoms with van der Waals surface area (Å²) in [5.41, 5.74) is 1.69. The minimum Gasteiger partial charge on any atom is -0.508 e. The number of nitrogens with zero attached hydrogens (tertiary/aromatic N) is 4. The molecule has 166 valence electrons. The van der Waals surface area contributed by atoms with Gasteiger partial charge in [0.25, 0.3) is 0 Å². The minimum atomic E-state index is -0.0822. The van der Waals surface area contributed by atoms with Crippen LogP contribution in [0.25, 0.3) is 0 Å². The van der Waals surface area contributed by atoms with Gasteiger partial charge in [-0.05, 0) is 37.1 Å². The van der Waals surface area contributed by atoms with Crippen molar-refractivity contribution in [1.29, 1.82) is 0 Å². The Labute approximate surface area is 187 Å². The van der Waals surface area contributed by atoms with Crippen molar-refractivity contribution < 1.29 is 20.1 Å². The summed E-state index contributed by atoms with van der Waals surface area (Å²) in [6.45, 7) is 2.01. The lowest BCUT2D eigenvalue weighted by Gasteiger charge is -2.38. The molecule has 0 saturated carbocycles. The molecule has 2 aliphatic rings. The minimum absolute atomic E-state index is 0. The SMILES string of the molecule is CN(C(=O)N1C=CN(c2cc(O)cc(O)c2)C1)C1CCN(c2ccc(O)cc2)CC1.Cl. The highest BCUT2D eigenvalue weighted by molar-refractivity contribution is 5.85. The predicted octanol–water partition coefficient (Wildman–Crippen LogP) is 3.50. The number of benzene rings is 2. The topological polar surface area (TPSA) is 90.7 Å². The average molecular weight is 447 g/mol. The summed E-state index contributed by atoms with van der Waals surface area (Å²) in [5, 5.41) is 28.8. The number of rotatable bonds is 3. The van der Waals surface area contributed by atoms with Crippen molar-refractivity contribution in [2.45, 2.75) is 18.9 Å². The lowest BCUT2D eigenvalue weighted by molar-refractivity contribution is 0.156. The van der Waals surface area contributed by atoms with Gasteiger partial charge in [0, 0.05) is 68.2 Å². The van der Waals surface area contributed by atoms with E-state index in [-0.39, 0.29) is 41.7 Å². The Balaban J connectivity index is 0.00000272. The first-order valence-electron chi connectivity index (χ1n) is 9.96. The van der Waals surface area contributed by atoms with Gasteiger partial charge in [0.15, 0.2) is 0 Å². The number of halogens is 1. The second-order valence-electron chi connectivity index (χ2n) is 7.71. The molecule has 0 bridgehead atoms. The molecule has 1 fully saturated rings. The third kappa shape index (κ3) is 4.91. The summed E-state index contributed by atoms with van der Waals surface area (Å²) >= 11 is 0. The van der Waals surface area contributed by atoms with Gasteiger partial charge in [-0.3, -0.25) is 4.90 Å². The zero-order valence-electron chi connectivity index (χ0n) is 17.3. The fourth-order valence-electron chi connectivity index (χ4n) is 3.99. The van der Waals surface area contributed by atoms with E-state index in [1.807, 2.05) is 19.2 Å². The van der Waals surface area contributed by atoms with E-state index in [9.17, 15) is 20.1 Å². The van der Waals surface area contributed by atoms with Crippen LogP contribution in [0.5, 0.6) is 17.2 Å². The van der Waals surface area contributed by atoms with Gasteiger partial charge in [0.1, 0.15) is 23.9 Å². The Kier molecular flexibility index (Phi) is 6.70. The molecule has 0 atom stereocenters. The first kappa shape index (κ1) is 22.4. The largest absolute Gasteiger partial charge is 0.508 e. The van der Waals surface area contributed by atoms with Crippen LogP contribution in [0.2, 0.25) is 0 Å². The van der Waals surface area contributed by atoms with Crippen LogP contribution < -0.4 is 9.80 Å². The van der Waals surface area contributed by atoms with Crippen LogP contribution in [-0.4, -0.2) is 64.0 Å². The first-order valence-corrected chi connectivity index (χ1v) is 9.96. The van der Waals surface area contributed by atoms with E-state index in [4.69, 9.17) is 0 Å². The Morgan fingerprint density at radius 1 is 0.903 bits per heavy atom. The van der Waals surface area contributed by atoms with Crippen molar-refractivity contribution in [1.82, 2.24) is 9.80 Å². The number of hydrogen-bond donors (Lipinski definition) is 3. The average Bonchev–Trinajstić information content (AvgIpc) is 3.23. The van der Waals surface area contributed by atoms with Gasteiger partial charge >= 0.3 is 6.03 Å². The summed E-state index contributed by atoms with van der Waals surface area (Å²) in [6, 6.07) is 11.6. The van der Waals surface area contributed by atoms with Crippen LogP contribution in [0, 0.1) is 0 Å². The molecule has 0 spiro atoms. The van der Waals surface area contributed by atoms with Crippen molar-refractivity contribution in [3.63, 3.8) is 0 Å². The molecule has 2 aromatic carbocycles.